The van der Waals surface area contributed by atoms with Gasteiger partial charge in [0.25, 0.3) is 0 Å². The fraction of sp³-hybridized carbons (Fsp3) is 0.444. The Balaban J connectivity index is 1.39. The summed E-state index contributed by atoms with van der Waals surface area (Å²) < 4.78 is 18.9. The summed E-state index contributed by atoms with van der Waals surface area (Å²) in [6.07, 6.45) is -0.344. The highest BCUT2D eigenvalue weighted by Crippen LogP contribution is 2.30. The first kappa shape index (κ1) is 28.1. The van der Waals surface area contributed by atoms with E-state index in [2.05, 4.69) is 34.3 Å². The molecule has 2 heterocycles. The molecule has 4 rings (SSSR count). The van der Waals surface area contributed by atoms with Crippen LogP contribution in [0.3, 0.4) is 0 Å². The highest BCUT2D eigenvalue weighted by atomic mass is 35.5. The number of aromatic nitrogens is 3. The SMILES string of the molecule is COc1cccc(OC(C)c2nnc(SCC(=O)Nc3ccc(N4CCOCC4)c(Cl)c3)n2CC(C)C)c1. The minimum absolute atomic E-state index is 0.147. The third-order valence-electron chi connectivity index (χ3n) is 5.93. The lowest BCUT2D eigenvalue weighted by Crippen LogP contribution is -2.36. The summed E-state index contributed by atoms with van der Waals surface area (Å²) >= 11 is 7.86. The smallest absolute Gasteiger partial charge is 0.234 e. The van der Waals surface area contributed by atoms with Crippen LogP contribution in [0.1, 0.15) is 32.7 Å². The molecular formula is C27H34ClN5O4S. The van der Waals surface area contributed by atoms with E-state index >= 15 is 0 Å². The van der Waals surface area contributed by atoms with Gasteiger partial charge in [-0.2, -0.15) is 0 Å². The number of hydrogen-bond donors (Lipinski definition) is 1. The van der Waals surface area contributed by atoms with E-state index in [0.29, 0.717) is 53.1 Å². The molecule has 1 fully saturated rings. The van der Waals surface area contributed by atoms with Crippen LogP contribution in [0, 0.1) is 5.92 Å². The van der Waals surface area contributed by atoms with E-state index in [4.69, 9.17) is 25.8 Å². The number of amides is 1. The lowest BCUT2D eigenvalue weighted by atomic mass is 10.2. The number of thioether (sulfide) groups is 1. The van der Waals surface area contributed by atoms with E-state index in [-0.39, 0.29) is 17.8 Å². The zero-order valence-corrected chi connectivity index (χ0v) is 23.7. The third-order valence-corrected chi connectivity index (χ3v) is 7.20. The largest absolute Gasteiger partial charge is 0.497 e. The Bertz CT molecular complexity index is 1230. The number of methoxy groups -OCH3 is 1. The number of rotatable bonds is 11. The Morgan fingerprint density at radius 1 is 1.13 bits per heavy atom. The van der Waals surface area contributed by atoms with Crippen molar-refractivity contribution in [2.45, 2.75) is 38.6 Å². The van der Waals surface area contributed by atoms with Crippen molar-refractivity contribution >= 4 is 40.6 Å². The normalized spacial score (nSPS) is 14.4. The Morgan fingerprint density at radius 2 is 1.89 bits per heavy atom. The second-order valence-electron chi connectivity index (χ2n) is 9.39. The van der Waals surface area contributed by atoms with Gasteiger partial charge in [-0.15, -0.1) is 10.2 Å². The number of benzene rings is 2. The number of carbonyl (C=O) groups is 1. The van der Waals surface area contributed by atoms with Crippen molar-refractivity contribution in [1.82, 2.24) is 14.8 Å². The van der Waals surface area contributed by atoms with Gasteiger partial charge in [0.2, 0.25) is 5.91 Å². The average Bonchev–Trinajstić information content (AvgIpc) is 3.30. The number of anilines is 2. The van der Waals surface area contributed by atoms with Crippen molar-refractivity contribution in [1.29, 1.82) is 0 Å². The van der Waals surface area contributed by atoms with Gasteiger partial charge in [-0.1, -0.05) is 43.3 Å². The number of morpholine rings is 1. The maximum absolute atomic E-state index is 12.8. The molecule has 0 radical (unpaired) electrons. The van der Waals surface area contributed by atoms with Crippen LogP contribution < -0.4 is 19.7 Å². The number of nitrogens with one attached hydrogen (secondary N) is 1. The van der Waals surface area contributed by atoms with Crippen LogP contribution in [0.4, 0.5) is 11.4 Å². The van der Waals surface area contributed by atoms with Crippen LogP contribution >= 0.6 is 23.4 Å². The van der Waals surface area contributed by atoms with Crippen LogP contribution in [0.2, 0.25) is 5.02 Å². The molecule has 204 valence electrons. The minimum atomic E-state index is -0.344. The molecule has 0 bridgehead atoms. The van der Waals surface area contributed by atoms with Gasteiger partial charge in [0.15, 0.2) is 17.1 Å². The zero-order chi connectivity index (χ0) is 27.1. The molecule has 2 aromatic carbocycles. The van der Waals surface area contributed by atoms with E-state index in [1.807, 2.05) is 47.9 Å². The number of halogens is 1. The van der Waals surface area contributed by atoms with Gasteiger partial charge in [-0.25, -0.2) is 0 Å². The summed E-state index contributed by atoms with van der Waals surface area (Å²) in [4.78, 5) is 14.9. The van der Waals surface area contributed by atoms with Crippen molar-refractivity contribution in [3.63, 3.8) is 0 Å². The molecule has 0 spiro atoms. The quantitative estimate of drug-likeness (QED) is 0.316. The number of nitrogens with zero attached hydrogens (tertiary/aromatic N) is 4. The monoisotopic (exact) mass is 559 g/mol. The van der Waals surface area contributed by atoms with E-state index in [0.717, 1.165) is 24.5 Å². The number of ether oxygens (including phenoxy) is 3. The molecule has 0 aliphatic carbocycles. The fourth-order valence-electron chi connectivity index (χ4n) is 4.15. The molecule has 0 saturated carbocycles. The van der Waals surface area contributed by atoms with Gasteiger partial charge in [0.05, 0.1) is 36.8 Å². The van der Waals surface area contributed by atoms with Crippen LogP contribution in [0.15, 0.2) is 47.6 Å². The second-order valence-corrected chi connectivity index (χ2v) is 10.7. The molecule has 1 saturated heterocycles. The molecule has 9 nitrogen and oxygen atoms in total. The predicted octanol–water partition coefficient (Wildman–Crippen LogP) is 5.30. The first-order chi connectivity index (χ1) is 18.3. The molecule has 1 amide bonds. The lowest BCUT2D eigenvalue weighted by molar-refractivity contribution is -0.113. The van der Waals surface area contributed by atoms with Gasteiger partial charge < -0.3 is 29.0 Å². The van der Waals surface area contributed by atoms with Crippen molar-refractivity contribution in [2.24, 2.45) is 5.92 Å². The molecular weight excluding hydrogens is 526 g/mol. The second kappa shape index (κ2) is 13.2. The van der Waals surface area contributed by atoms with Crippen LogP contribution in [0.25, 0.3) is 0 Å². The predicted molar refractivity (Wildman–Crippen MR) is 151 cm³/mol. The van der Waals surface area contributed by atoms with Crippen LogP contribution in [-0.2, 0) is 16.1 Å². The summed E-state index contributed by atoms with van der Waals surface area (Å²) in [6.45, 7) is 9.85. The van der Waals surface area contributed by atoms with Crippen molar-refractivity contribution in [3.8, 4) is 11.5 Å². The molecule has 1 N–H and O–H groups in total. The Hall–Kier alpha value is -2.95. The fourth-order valence-corrected chi connectivity index (χ4v) is 5.20. The zero-order valence-electron chi connectivity index (χ0n) is 22.1. The Labute approximate surface area is 232 Å². The topological polar surface area (TPSA) is 90.7 Å². The Kier molecular flexibility index (Phi) is 9.76. The summed E-state index contributed by atoms with van der Waals surface area (Å²) in [5.41, 5.74) is 1.60. The van der Waals surface area contributed by atoms with E-state index < -0.39 is 0 Å². The number of hydrogen-bond acceptors (Lipinski definition) is 8. The van der Waals surface area contributed by atoms with Crippen LogP contribution in [-0.4, -0.2) is 59.8 Å². The van der Waals surface area contributed by atoms with E-state index in [1.54, 1.807) is 13.2 Å². The van der Waals surface area contributed by atoms with E-state index in [9.17, 15) is 4.79 Å². The molecule has 38 heavy (non-hydrogen) atoms. The van der Waals surface area contributed by atoms with Crippen LogP contribution in [0.5, 0.6) is 11.5 Å². The molecule has 1 atom stereocenters. The third kappa shape index (κ3) is 7.33. The van der Waals surface area contributed by atoms with Crippen molar-refractivity contribution in [2.75, 3.05) is 49.4 Å². The van der Waals surface area contributed by atoms with Gasteiger partial charge in [-0.05, 0) is 43.2 Å². The van der Waals surface area contributed by atoms with Gasteiger partial charge >= 0.3 is 0 Å². The van der Waals surface area contributed by atoms with Crippen molar-refractivity contribution < 1.29 is 19.0 Å². The van der Waals surface area contributed by atoms with Gasteiger partial charge in [-0.3, -0.25) is 4.79 Å². The summed E-state index contributed by atoms with van der Waals surface area (Å²) in [6, 6.07) is 13.0. The molecule has 1 unspecified atom stereocenters. The maximum atomic E-state index is 12.8. The first-order valence-electron chi connectivity index (χ1n) is 12.6. The lowest BCUT2D eigenvalue weighted by Gasteiger charge is -2.29. The highest BCUT2D eigenvalue weighted by molar-refractivity contribution is 7.99. The average molecular weight is 560 g/mol. The molecule has 1 aliphatic rings. The maximum Gasteiger partial charge on any atom is 0.234 e. The molecule has 3 aromatic rings. The minimum Gasteiger partial charge on any atom is -0.497 e. The molecule has 11 heteroatoms. The summed E-state index contributed by atoms with van der Waals surface area (Å²) in [7, 11) is 1.62. The number of carbonyl (C=O) groups excluding carboxylic acids is 1. The summed E-state index contributed by atoms with van der Waals surface area (Å²) in [5.74, 6) is 2.50. The first-order valence-corrected chi connectivity index (χ1v) is 14.0. The highest BCUT2D eigenvalue weighted by Gasteiger charge is 2.21. The van der Waals surface area contributed by atoms with Gasteiger partial charge in [0, 0.05) is 31.4 Å². The standard InChI is InChI=1S/C27H34ClN5O4S/c1-18(2)16-33-26(19(3)37-22-7-5-6-21(15-22)35-4)30-31-27(33)38-17-25(34)29-20-8-9-24(23(28)14-20)32-10-12-36-13-11-32/h5-9,14-15,18-19H,10-13,16-17H2,1-4H3,(H,29,34). The molecule has 1 aromatic heterocycles. The van der Waals surface area contributed by atoms with E-state index in [1.165, 1.54) is 11.8 Å². The summed E-state index contributed by atoms with van der Waals surface area (Å²) in [5, 5.41) is 13.0. The van der Waals surface area contributed by atoms with Gasteiger partial charge in [0.1, 0.15) is 11.5 Å². The van der Waals surface area contributed by atoms with Crippen molar-refractivity contribution in [3.05, 3.63) is 53.3 Å². The Morgan fingerprint density at radius 3 is 2.61 bits per heavy atom. The molecule has 1 aliphatic heterocycles.